The summed E-state index contributed by atoms with van der Waals surface area (Å²) in [6.45, 7) is 1.86. The number of nitrogens with one attached hydrogen (secondary N) is 2. The summed E-state index contributed by atoms with van der Waals surface area (Å²) in [4.78, 5) is 12.1. The number of hydrogen-bond acceptors (Lipinski definition) is 6. The number of thiophene rings is 1. The Kier molecular flexibility index (Phi) is 7.56. The first-order valence-corrected chi connectivity index (χ1v) is 10.6. The molecule has 1 atom stereocenters. The van der Waals surface area contributed by atoms with Gasteiger partial charge >= 0.3 is 0 Å². The Labute approximate surface area is 170 Å². The highest BCUT2D eigenvalue weighted by Gasteiger charge is 2.21. The van der Waals surface area contributed by atoms with Crippen LogP contribution in [0.25, 0.3) is 0 Å². The van der Waals surface area contributed by atoms with Crippen molar-refractivity contribution in [2.75, 3.05) is 27.4 Å². The van der Waals surface area contributed by atoms with Gasteiger partial charge in [0.15, 0.2) is 11.5 Å². The number of amides is 1. The number of hydrogen-bond donors (Lipinski definition) is 2. The van der Waals surface area contributed by atoms with Crippen LogP contribution in [0.1, 0.15) is 30.4 Å². The van der Waals surface area contributed by atoms with Crippen molar-refractivity contribution >= 4 is 17.2 Å². The average Bonchev–Trinajstić information content (AvgIpc) is 3.15. The molecular weight excluding hydrogens is 376 g/mol. The highest BCUT2D eigenvalue weighted by atomic mass is 32.1. The molecule has 0 spiro atoms. The molecule has 2 N–H and O–H groups in total. The maximum Gasteiger partial charge on any atom is 0.237 e. The fourth-order valence-corrected chi connectivity index (χ4v) is 3.96. The Bertz CT molecular complexity index is 739. The lowest BCUT2D eigenvalue weighted by molar-refractivity contribution is -0.122. The van der Waals surface area contributed by atoms with E-state index in [4.69, 9.17) is 14.2 Å². The Morgan fingerprint density at radius 1 is 1.18 bits per heavy atom. The molecule has 3 rings (SSSR count). The van der Waals surface area contributed by atoms with E-state index in [9.17, 15) is 4.79 Å². The normalized spacial score (nSPS) is 16.9. The first kappa shape index (κ1) is 20.5. The summed E-state index contributed by atoms with van der Waals surface area (Å²) in [5.41, 5.74) is 2.24. The second-order valence-electron chi connectivity index (χ2n) is 6.78. The van der Waals surface area contributed by atoms with Crippen LogP contribution in [0.2, 0.25) is 0 Å². The largest absolute Gasteiger partial charge is 0.493 e. The van der Waals surface area contributed by atoms with Gasteiger partial charge in [-0.1, -0.05) is 0 Å². The van der Waals surface area contributed by atoms with Gasteiger partial charge in [-0.05, 0) is 59.3 Å². The van der Waals surface area contributed by atoms with Gasteiger partial charge in [-0.25, -0.2) is 0 Å². The summed E-state index contributed by atoms with van der Waals surface area (Å²) < 4.78 is 17.1. The maximum absolute atomic E-state index is 12.1. The first-order chi connectivity index (χ1) is 13.7. The molecule has 6 nitrogen and oxygen atoms in total. The molecule has 0 aliphatic carbocycles. The molecule has 1 fully saturated rings. The van der Waals surface area contributed by atoms with Gasteiger partial charge in [0.25, 0.3) is 0 Å². The van der Waals surface area contributed by atoms with E-state index in [0.29, 0.717) is 30.4 Å². The van der Waals surface area contributed by atoms with E-state index in [2.05, 4.69) is 27.5 Å². The van der Waals surface area contributed by atoms with E-state index in [-0.39, 0.29) is 11.9 Å². The molecule has 2 heterocycles. The van der Waals surface area contributed by atoms with E-state index in [1.807, 2.05) is 12.1 Å². The van der Waals surface area contributed by atoms with Crippen LogP contribution in [0.3, 0.4) is 0 Å². The zero-order valence-corrected chi connectivity index (χ0v) is 17.3. The van der Waals surface area contributed by atoms with Crippen molar-refractivity contribution in [1.29, 1.82) is 0 Å². The van der Waals surface area contributed by atoms with Crippen LogP contribution in [0.4, 0.5) is 0 Å². The summed E-state index contributed by atoms with van der Waals surface area (Å²) in [7, 11) is 3.24. The average molecular weight is 405 g/mol. The third-order valence-electron chi connectivity index (χ3n) is 4.83. The Morgan fingerprint density at radius 2 is 1.96 bits per heavy atom. The Morgan fingerprint density at radius 3 is 2.64 bits per heavy atom. The van der Waals surface area contributed by atoms with Crippen LogP contribution in [0.5, 0.6) is 17.2 Å². The van der Waals surface area contributed by atoms with Gasteiger partial charge in [-0.2, -0.15) is 11.3 Å². The van der Waals surface area contributed by atoms with Crippen LogP contribution < -0.4 is 24.8 Å². The minimum atomic E-state index is -0.166. The fourth-order valence-electron chi connectivity index (χ4n) is 3.26. The van der Waals surface area contributed by atoms with Crippen molar-refractivity contribution in [2.24, 2.45) is 0 Å². The minimum Gasteiger partial charge on any atom is -0.493 e. The van der Waals surface area contributed by atoms with Crippen molar-refractivity contribution in [3.8, 4) is 17.2 Å². The second kappa shape index (κ2) is 10.3. The SMILES string of the molecule is COc1cc(CN[C@H]2CCCCNC2=O)cc(OC)c1OCCc1ccsc1. The van der Waals surface area contributed by atoms with E-state index < -0.39 is 0 Å². The predicted octanol–water partition coefficient (Wildman–Crippen LogP) is 3.15. The monoisotopic (exact) mass is 404 g/mol. The van der Waals surface area contributed by atoms with E-state index >= 15 is 0 Å². The lowest BCUT2D eigenvalue weighted by atomic mass is 10.1. The zero-order chi connectivity index (χ0) is 19.8. The van der Waals surface area contributed by atoms with Gasteiger partial charge in [0.2, 0.25) is 11.7 Å². The summed E-state index contributed by atoms with van der Waals surface area (Å²) in [5, 5.41) is 10.5. The molecule has 0 saturated carbocycles. The highest BCUT2D eigenvalue weighted by molar-refractivity contribution is 7.07. The molecule has 2 aromatic rings. The lowest BCUT2D eigenvalue weighted by Crippen LogP contribution is -2.42. The number of carbonyl (C=O) groups excluding carboxylic acids is 1. The highest BCUT2D eigenvalue weighted by Crippen LogP contribution is 2.38. The van der Waals surface area contributed by atoms with Crippen LogP contribution in [-0.2, 0) is 17.8 Å². The third-order valence-corrected chi connectivity index (χ3v) is 5.56. The molecule has 1 aliphatic heterocycles. The number of methoxy groups -OCH3 is 2. The molecule has 28 heavy (non-hydrogen) atoms. The van der Waals surface area contributed by atoms with Gasteiger partial charge in [0.05, 0.1) is 26.9 Å². The molecule has 1 saturated heterocycles. The van der Waals surface area contributed by atoms with E-state index in [0.717, 1.165) is 37.8 Å². The number of benzene rings is 1. The van der Waals surface area contributed by atoms with Crippen molar-refractivity contribution in [3.63, 3.8) is 0 Å². The molecule has 7 heteroatoms. The topological polar surface area (TPSA) is 68.8 Å². The number of carbonyl (C=O) groups is 1. The maximum atomic E-state index is 12.1. The first-order valence-electron chi connectivity index (χ1n) is 9.61. The second-order valence-corrected chi connectivity index (χ2v) is 7.56. The van der Waals surface area contributed by atoms with Gasteiger partial charge in [0, 0.05) is 19.5 Å². The van der Waals surface area contributed by atoms with Crippen molar-refractivity contribution < 1.29 is 19.0 Å². The summed E-state index contributed by atoms with van der Waals surface area (Å²) in [5.74, 6) is 1.94. The summed E-state index contributed by atoms with van der Waals surface area (Å²) >= 11 is 1.68. The van der Waals surface area contributed by atoms with Crippen molar-refractivity contribution in [2.45, 2.75) is 38.3 Å². The standard InChI is InChI=1S/C21H28N2O4S/c1-25-18-11-16(13-23-17-5-3-4-8-22-21(17)24)12-19(26-2)20(18)27-9-6-15-7-10-28-14-15/h7,10-12,14,17,23H,3-6,8-9,13H2,1-2H3,(H,22,24)/t17-/m0/s1. The minimum absolute atomic E-state index is 0.0739. The molecule has 0 radical (unpaired) electrons. The molecular formula is C21H28N2O4S. The number of rotatable bonds is 9. The van der Waals surface area contributed by atoms with Crippen molar-refractivity contribution in [3.05, 3.63) is 40.1 Å². The van der Waals surface area contributed by atoms with Gasteiger partial charge < -0.3 is 24.8 Å². The predicted molar refractivity (Wildman–Crippen MR) is 111 cm³/mol. The smallest absolute Gasteiger partial charge is 0.237 e. The third kappa shape index (κ3) is 5.39. The van der Waals surface area contributed by atoms with Crippen LogP contribution in [0, 0.1) is 0 Å². The van der Waals surface area contributed by atoms with E-state index in [1.165, 1.54) is 5.56 Å². The molecule has 0 unspecified atom stereocenters. The van der Waals surface area contributed by atoms with E-state index in [1.54, 1.807) is 25.6 Å². The molecule has 1 aliphatic rings. The molecule has 1 amide bonds. The summed E-state index contributed by atoms with van der Waals surface area (Å²) in [6, 6.07) is 5.80. The quantitative estimate of drug-likeness (QED) is 0.672. The van der Waals surface area contributed by atoms with Crippen molar-refractivity contribution in [1.82, 2.24) is 10.6 Å². The van der Waals surface area contributed by atoms with Crippen LogP contribution in [-0.4, -0.2) is 39.3 Å². The molecule has 1 aromatic heterocycles. The Hall–Kier alpha value is -2.25. The van der Waals surface area contributed by atoms with Gasteiger partial charge in [0.1, 0.15) is 0 Å². The van der Waals surface area contributed by atoms with Crippen LogP contribution >= 0.6 is 11.3 Å². The number of ether oxygens (including phenoxy) is 3. The zero-order valence-electron chi connectivity index (χ0n) is 16.5. The Balaban J connectivity index is 1.66. The molecule has 152 valence electrons. The lowest BCUT2D eigenvalue weighted by Gasteiger charge is -2.18. The van der Waals surface area contributed by atoms with Gasteiger partial charge in [-0.3, -0.25) is 4.79 Å². The summed E-state index contributed by atoms with van der Waals surface area (Å²) in [6.07, 6.45) is 3.75. The molecule has 0 bridgehead atoms. The van der Waals surface area contributed by atoms with Gasteiger partial charge in [-0.15, -0.1) is 0 Å². The molecule has 1 aromatic carbocycles. The fraction of sp³-hybridized carbons (Fsp3) is 0.476. The van der Waals surface area contributed by atoms with Crippen LogP contribution in [0.15, 0.2) is 29.0 Å².